The van der Waals surface area contributed by atoms with Crippen LogP contribution in [0.25, 0.3) is 21.7 Å². The number of aromatic nitrogens is 1. The number of rotatable bonds is 3. The van der Waals surface area contributed by atoms with E-state index in [1.807, 2.05) is 18.2 Å². The first-order chi connectivity index (χ1) is 10.1. The number of anilines is 1. The predicted octanol–water partition coefficient (Wildman–Crippen LogP) is 1.09. The number of benzene rings is 2. The molecule has 2 aromatic carbocycles. The van der Waals surface area contributed by atoms with Gasteiger partial charge in [0.25, 0.3) is 5.56 Å². The van der Waals surface area contributed by atoms with Crippen LogP contribution in [0.5, 0.6) is 0 Å². The lowest BCUT2D eigenvalue weighted by Crippen LogP contribution is -2.29. The Balaban J connectivity index is 2.43. The summed E-state index contributed by atoms with van der Waals surface area (Å²) in [5.41, 5.74) is 6.98. The van der Waals surface area contributed by atoms with E-state index in [9.17, 15) is 9.90 Å². The Bertz CT molecular complexity index is 870. The number of hydrogen-bond donors (Lipinski definition) is 3. The SMILES string of the molecule is Nc1ccc2c(c1)c1ccccc1c(=O)n2CC(O)CO. The molecule has 0 saturated carbocycles. The zero-order valence-electron chi connectivity index (χ0n) is 11.4. The molecular weight excluding hydrogens is 268 g/mol. The van der Waals surface area contributed by atoms with Crippen molar-refractivity contribution in [3.63, 3.8) is 0 Å². The summed E-state index contributed by atoms with van der Waals surface area (Å²) in [6.45, 7) is -0.351. The monoisotopic (exact) mass is 284 g/mol. The molecule has 0 saturated heterocycles. The van der Waals surface area contributed by atoms with Crippen LogP contribution in [-0.4, -0.2) is 27.5 Å². The fourth-order valence-electron chi connectivity index (χ4n) is 2.61. The lowest BCUT2D eigenvalue weighted by Gasteiger charge is -2.15. The smallest absolute Gasteiger partial charge is 0.259 e. The molecule has 5 nitrogen and oxygen atoms in total. The Morgan fingerprint density at radius 2 is 1.81 bits per heavy atom. The van der Waals surface area contributed by atoms with Gasteiger partial charge in [-0.3, -0.25) is 4.79 Å². The Kier molecular flexibility index (Phi) is 3.37. The van der Waals surface area contributed by atoms with Crippen LogP contribution in [0.15, 0.2) is 47.3 Å². The third kappa shape index (κ3) is 2.26. The van der Waals surface area contributed by atoms with Crippen molar-refractivity contribution in [2.45, 2.75) is 12.6 Å². The Morgan fingerprint density at radius 1 is 1.10 bits per heavy atom. The fraction of sp³-hybridized carbons (Fsp3) is 0.188. The van der Waals surface area contributed by atoms with Crippen molar-refractivity contribution < 1.29 is 10.2 Å². The van der Waals surface area contributed by atoms with Crippen molar-refractivity contribution in [1.82, 2.24) is 4.57 Å². The van der Waals surface area contributed by atoms with Crippen LogP contribution in [0.2, 0.25) is 0 Å². The number of nitrogens with two attached hydrogens (primary N) is 1. The average Bonchev–Trinajstić information content (AvgIpc) is 2.51. The number of nitrogen functional groups attached to an aromatic ring is 1. The van der Waals surface area contributed by atoms with E-state index in [-0.39, 0.29) is 12.1 Å². The molecule has 0 aliphatic heterocycles. The molecule has 1 heterocycles. The molecule has 0 aliphatic rings. The first-order valence-corrected chi connectivity index (χ1v) is 6.71. The molecule has 1 unspecified atom stereocenters. The van der Waals surface area contributed by atoms with Gasteiger partial charge < -0.3 is 20.5 Å². The maximum atomic E-state index is 12.6. The highest BCUT2D eigenvalue weighted by Gasteiger charge is 2.13. The summed E-state index contributed by atoms with van der Waals surface area (Å²) in [5.74, 6) is 0. The van der Waals surface area contributed by atoms with Gasteiger partial charge in [0.1, 0.15) is 0 Å². The van der Waals surface area contributed by atoms with Gasteiger partial charge in [-0.1, -0.05) is 18.2 Å². The van der Waals surface area contributed by atoms with Gasteiger partial charge in [0.05, 0.1) is 24.8 Å². The molecule has 0 amide bonds. The molecule has 1 atom stereocenters. The lowest BCUT2D eigenvalue weighted by molar-refractivity contribution is 0.0815. The summed E-state index contributed by atoms with van der Waals surface area (Å²) in [6, 6.07) is 12.6. The second-order valence-corrected chi connectivity index (χ2v) is 5.07. The number of pyridine rings is 1. The molecule has 5 heteroatoms. The lowest BCUT2D eigenvalue weighted by atomic mass is 10.1. The van der Waals surface area contributed by atoms with Gasteiger partial charge in [-0.05, 0) is 29.7 Å². The zero-order valence-corrected chi connectivity index (χ0v) is 11.4. The van der Waals surface area contributed by atoms with Crippen LogP contribution in [0, 0.1) is 0 Å². The first kappa shape index (κ1) is 13.6. The molecule has 21 heavy (non-hydrogen) atoms. The molecule has 0 bridgehead atoms. The second-order valence-electron chi connectivity index (χ2n) is 5.07. The molecule has 0 spiro atoms. The summed E-state index contributed by atoms with van der Waals surface area (Å²) in [7, 11) is 0. The normalized spacial score (nSPS) is 12.9. The van der Waals surface area contributed by atoms with E-state index in [0.717, 1.165) is 10.8 Å². The summed E-state index contributed by atoms with van der Waals surface area (Å²) in [5, 5.41) is 21.0. The van der Waals surface area contributed by atoms with Gasteiger partial charge in [-0.15, -0.1) is 0 Å². The second kappa shape index (κ2) is 5.20. The summed E-state index contributed by atoms with van der Waals surface area (Å²) in [4.78, 5) is 12.6. The minimum Gasteiger partial charge on any atom is -0.399 e. The number of aliphatic hydroxyl groups is 2. The van der Waals surface area contributed by atoms with Crippen LogP contribution < -0.4 is 11.3 Å². The zero-order chi connectivity index (χ0) is 15.0. The minimum atomic E-state index is -0.982. The topological polar surface area (TPSA) is 88.5 Å². The number of hydrogen-bond acceptors (Lipinski definition) is 4. The highest BCUT2D eigenvalue weighted by molar-refractivity contribution is 6.06. The number of aliphatic hydroxyl groups excluding tert-OH is 2. The molecule has 0 radical (unpaired) electrons. The van der Waals surface area contributed by atoms with Gasteiger partial charge in [-0.25, -0.2) is 0 Å². The van der Waals surface area contributed by atoms with Crippen molar-refractivity contribution in [2.24, 2.45) is 0 Å². The third-order valence-corrected chi connectivity index (χ3v) is 3.61. The van der Waals surface area contributed by atoms with Gasteiger partial charge in [0, 0.05) is 16.5 Å². The first-order valence-electron chi connectivity index (χ1n) is 6.71. The molecule has 0 fully saturated rings. The maximum Gasteiger partial charge on any atom is 0.259 e. The van der Waals surface area contributed by atoms with Gasteiger partial charge in [0.2, 0.25) is 0 Å². The van der Waals surface area contributed by atoms with Crippen LogP contribution in [0.4, 0.5) is 5.69 Å². The van der Waals surface area contributed by atoms with Crippen LogP contribution in [0.1, 0.15) is 0 Å². The maximum absolute atomic E-state index is 12.6. The van der Waals surface area contributed by atoms with Crippen LogP contribution in [0.3, 0.4) is 0 Å². The van der Waals surface area contributed by atoms with E-state index in [2.05, 4.69) is 0 Å². The Hall–Kier alpha value is -2.37. The van der Waals surface area contributed by atoms with E-state index in [1.165, 1.54) is 4.57 Å². The fourth-order valence-corrected chi connectivity index (χ4v) is 2.61. The Labute approximate surface area is 120 Å². The summed E-state index contributed by atoms with van der Waals surface area (Å²) >= 11 is 0. The highest BCUT2D eigenvalue weighted by atomic mass is 16.3. The van der Waals surface area contributed by atoms with Gasteiger partial charge in [-0.2, -0.15) is 0 Å². The van der Waals surface area contributed by atoms with Gasteiger partial charge >= 0.3 is 0 Å². The van der Waals surface area contributed by atoms with E-state index >= 15 is 0 Å². The number of nitrogens with zero attached hydrogens (tertiary/aromatic N) is 1. The van der Waals surface area contributed by atoms with E-state index in [1.54, 1.807) is 24.3 Å². The molecule has 1 aromatic heterocycles. The van der Waals surface area contributed by atoms with E-state index in [4.69, 9.17) is 10.8 Å². The van der Waals surface area contributed by atoms with Crippen molar-refractivity contribution in [3.8, 4) is 0 Å². The van der Waals surface area contributed by atoms with Gasteiger partial charge in [0.15, 0.2) is 0 Å². The minimum absolute atomic E-state index is 0.0422. The molecule has 4 N–H and O–H groups in total. The standard InChI is InChI=1S/C16H16N2O3/c17-10-5-6-15-14(7-10)12-3-1-2-4-13(12)16(21)18(15)8-11(20)9-19/h1-7,11,19-20H,8-9,17H2. The molecule has 108 valence electrons. The summed E-state index contributed by atoms with van der Waals surface area (Å²) in [6.07, 6.45) is -0.982. The van der Waals surface area contributed by atoms with Crippen LogP contribution in [-0.2, 0) is 6.54 Å². The Morgan fingerprint density at radius 3 is 2.52 bits per heavy atom. The largest absolute Gasteiger partial charge is 0.399 e. The molecule has 3 aromatic rings. The highest BCUT2D eigenvalue weighted by Crippen LogP contribution is 2.24. The van der Waals surface area contributed by atoms with Crippen molar-refractivity contribution >= 4 is 27.4 Å². The van der Waals surface area contributed by atoms with Crippen molar-refractivity contribution in [3.05, 3.63) is 52.8 Å². The van der Waals surface area contributed by atoms with Crippen molar-refractivity contribution in [1.29, 1.82) is 0 Å². The van der Waals surface area contributed by atoms with Crippen molar-refractivity contribution in [2.75, 3.05) is 12.3 Å². The van der Waals surface area contributed by atoms with Crippen LogP contribution >= 0.6 is 0 Å². The summed E-state index contributed by atoms with van der Waals surface area (Å²) < 4.78 is 1.48. The quantitative estimate of drug-likeness (QED) is 0.496. The number of fused-ring (bicyclic) bond motifs is 3. The third-order valence-electron chi connectivity index (χ3n) is 3.61. The van der Waals surface area contributed by atoms with E-state index < -0.39 is 12.7 Å². The molecule has 0 aliphatic carbocycles. The predicted molar refractivity (Wildman–Crippen MR) is 83.2 cm³/mol. The van der Waals surface area contributed by atoms with E-state index in [0.29, 0.717) is 16.6 Å². The molecular formula is C16H16N2O3. The average molecular weight is 284 g/mol. The molecule has 3 rings (SSSR count).